The molecule has 0 bridgehead atoms. The number of sulfonamides is 1. The Kier molecular flexibility index (Phi) is 6.08. The molecule has 1 aliphatic rings. The molecule has 1 heterocycles. The number of hydrogen-bond donors (Lipinski definition) is 0. The van der Waals surface area contributed by atoms with Crippen molar-refractivity contribution in [2.24, 2.45) is 0 Å². The van der Waals surface area contributed by atoms with Gasteiger partial charge in [0.05, 0.1) is 0 Å². The maximum Gasteiger partial charge on any atom is 0.387 e. The Hall–Kier alpha value is -2.66. The van der Waals surface area contributed by atoms with E-state index in [0.29, 0.717) is 6.07 Å². The van der Waals surface area contributed by atoms with E-state index >= 15 is 0 Å². The summed E-state index contributed by atoms with van der Waals surface area (Å²) in [6.07, 6.45) is 0. The molecular formula is C18H16F4N2O4S. The van der Waals surface area contributed by atoms with Crippen molar-refractivity contribution in [3.05, 3.63) is 59.7 Å². The Labute approximate surface area is 164 Å². The lowest BCUT2D eigenvalue weighted by Crippen LogP contribution is -2.50. The number of hydrogen-bond acceptors (Lipinski definition) is 4. The lowest BCUT2D eigenvalue weighted by Gasteiger charge is -2.34. The van der Waals surface area contributed by atoms with Crippen molar-refractivity contribution in [3.8, 4) is 5.75 Å². The van der Waals surface area contributed by atoms with Crippen molar-refractivity contribution in [2.45, 2.75) is 11.5 Å². The van der Waals surface area contributed by atoms with Crippen molar-refractivity contribution < 1.29 is 35.5 Å². The molecule has 3 rings (SSSR count). The first-order valence-electron chi connectivity index (χ1n) is 8.48. The Morgan fingerprint density at radius 1 is 1.00 bits per heavy atom. The van der Waals surface area contributed by atoms with E-state index in [0.717, 1.165) is 16.4 Å². The van der Waals surface area contributed by atoms with E-state index in [4.69, 9.17) is 0 Å². The fraction of sp³-hybridized carbons (Fsp3) is 0.278. The number of carbonyl (C=O) groups excluding carboxylic acids is 1. The van der Waals surface area contributed by atoms with Gasteiger partial charge in [0.25, 0.3) is 5.91 Å². The minimum atomic E-state index is -4.27. The second-order valence-corrected chi connectivity index (χ2v) is 8.08. The number of nitrogens with zero attached hydrogens (tertiary/aromatic N) is 2. The number of piperazine rings is 1. The molecule has 0 saturated carbocycles. The highest BCUT2D eigenvalue weighted by molar-refractivity contribution is 7.89. The summed E-state index contributed by atoms with van der Waals surface area (Å²) < 4.78 is 82.3. The van der Waals surface area contributed by atoms with Crippen LogP contribution in [0.3, 0.4) is 0 Å². The molecule has 0 N–H and O–H groups in total. The minimum absolute atomic E-state index is 0.00503. The van der Waals surface area contributed by atoms with Crippen LogP contribution in [-0.4, -0.2) is 56.3 Å². The highest BCUT2D eigenvalue weighted by Gasteiger charge is 2.32. The molecule has 2 aromatic rings. The van der Waals surface area contributed by atoms with Crippen LogP contribution < -0.4 is 4.74 Å². The summed E-state index contributed by atoms with van der Waals surface area (Å²) in [4.78, 5) is 13.1. The number of alkyl halides is 2. The smallest absolute Gasteiger partial charge is 0.387 e. The average Bonchev–Trinajstić information content (AvgIpc) is 2.69. The lowest BCUT2D eigenvalue weighted by molar-refractivity contribution is -0.0499. The van der Waals surface area contributed by atoms with Crippen LogP contribution in [0.5, 0.6) is 5.75 Å². The summed E-state index contributed by atoms with van der Waals surface area (Å²) in [5, 5.41) is 0. The number of halogens is 4. The Morgan fingerprint density at radius 3 is 2.34 bits per heavy atom. The first-order chi connectivity index (χ1) is 13.7. The lowest BCUT2D eigenvalue weighted by atomic mass is 10.1. The van der Waals surface area contributed by atoms with Crippen molar-refractivity contribution in [1.29, 1.82) is 0 Å². The van der Waals surface area contributed by atoms with Gasteiger partial charge in [0.15, 0.2) is 0 Å². The maximum atomic E-state index is 13.9. The van der Waals surface area contributed by atoms with Crippen LogP contribution in [-0.2, 0) is 10.0 Å². The number of carbonyl (C=O) groups is 1. The van der Waals surface area contributed by atoms with E-state index < -0.39 is 39.1 Å². The molecule has 1 aliphatic heterocycles. The van der Waals surface area contributed by atoms with Gasteiger partial charge >= 0.3 is 6.61 Å². The number of rotatable bonds is 5. The van der Waals surface area contributed by atoms with E-state index in [1.165, 1.54) is 29.2 Å². The molecule has 0 aliphatic carbocycles. The molecule has 0 aromatic heterocycles. The highest BCUT2D eigenvalue weighted by atomic mass is 32.2. The van der Waals surface area contributed by atoms with E-state index in [-0.39, 0.29) is 37.5 Å². The largest absolute Gasteiger partial charge is 0.435 e. The molecule has 0 unspecified atom stereocenters. The SMILES string of the molecule is O=C(c1cccc(OC(F)F)c1)N1CCN(S(=O)(=O)c2cc(F)ccc2F)CC1. The van der Waals surface area contributed by atoms with E-state index in [9.17, 15) is 30.8 Å². The summed E-state index contributed by atoms with van der Waals surface area (Å²) in [6.45, 7) is -3.30. The number of amides is 1. The van der Waals surface area contributed by atoms with Crippen LogP contribution in [0.4, 0.5) is 17.6 Å². The van der Waals surface area contributed by atoms with Gasteiger partial charge in [-0.1, -0.05) is 6.07 Å². The first-order valence-corrected chi connectivity index (χ1v) is 9.92. The molecule has 29 heavy (non-hydrogen) atoms. The molecule has 1 fully saturated rings. The zero-order valence-electron chi connectivity index (χ0n) is 14.9. The van der Waals surface area contributed by atoms with Gasteiger partial charge in [0.1, 0.15) is 22.3 Å². The molecule has 1 amide bonds. The Bertz CT molecular complexity index is 1010. The van der Waals surface area contributed by atoms with Gasteiger partial charge < -0.3 is 9.64 Å². The molecule has 156 valence electrons. The van der Waals surface area contributed by atoms with Crippen molar-refractivity contribution in [2.75, 3.05) is 26.2 Å². The van der Waals surface area contributed by atoms with Gasteiger partial charge in [0, 0.05) is 31.7 Å². The van der Waals surface area contributed by atoms with Crippen LogP contribution in [0.25, 0.3) is 0 Å². The van der Waals surface area contributed by atoms with Crippen molar-refractivity contribution in [1.82, 2.24) is 9.21 Å². The van der Waals surface area contributed by atoms with Crippen LogP contribution in [0.1, 0.15) is 10.4 Å². The quantitative estimate of drug-likeness (QED) is 0.682. The van der Waals surface area contributed by atoms with Crippen LogP contribution in [0, 0.1) is 11.6 Å². The maximum absolute atomic E-state index is 13.9. The number of benzene rings is 2. The van der Waals surface area contributed by atoms with E-state index in [1.54, 1.807) is 0 Å². The van der Waals surface area contributed by atoms with Gasteiger partial charge in [0.2, 0.25) is 10.0 Å². The second-order valence-electron chi connectivity index (χ2n) is 6.18. The molecule has 2 aromatic carbocycles. The average molecular weight is 432 g/mol. The van der Waals surface area contributed by atoms with Crippen LogP contribution in [0.15, 0.2) is 47.4 Å². The topological polar surface area (TPSA) is 66.9 Å². The molecule has 0 atom stereocenters. The molecule has 1 saturated heterocycles. The molecular weight excluding hydrogens is 416 g/mol. The monoisotopic (exact) mass is 432 g/mol. The zero-order chi connectivity index (χ0) is 21.2. The summed E-state index contributed by atoms with van der Waals surface area (Å²) in [6, 6.07) is 7.41. The third kappa shape index (κ3) is 4.67. The molecule has 11 heteroatoms. The predicted octanol–water partition coefficient (Wildman–Crippen LogP) is 2.71. The van der Waals surface area contributed by atoms with Gasteiger partial charge in [-0.25, -0.2) is 17.2 Å². The van der Waals surface area contributed by atoms with Gasteiger partial charge in [-0.3, -0.25) is 4.79 Å². The third-order valence-electron chi connectivity index (χ3n) is 4.34. The van der Waals surface area contributed by atoms with Crippen LogP contribution in [0.2, 0.25) is 0 Å². The highest BCUT2D eigenvalue weighted by Crippen LogP contribution is 2.23. The molecule has 0 spiro atoms. The summed E-state index contributed by atoms with van der Waals surface area (Å²) in [5.74, 6) is -2.61. The minimum Gasteiger partial charge on any atom is -0.435 e. The predicted molar refractivity (Wildman–Crippen MR) is 94.1 cm³/mol. The second kappa shape index (κ2) is 8.37. The third-order valence-corrected chi connectivity index (χ3v) is 6.26. The van der Waals surface area contributed by atoms with Gasteiger partial charge in [-0.05, 0) is 36.4 Å². The fourth-order valence-electron chi connectivity index (χ4n) is 2.93. The van der Waals surface area contributed by atoms with Gasteiger partial charge in [-0.15, -0.1) is 0 Å². The normalized spacial score (nSPS) is 15.6. The van der Waals surface area contributed by atoms with Gasteiger partial charge in [-0.2, -0.15) is 13.1 Å². The van der Waals surface area contributed by atoms with Crippen molar-refractivity contribution >= 4 is 15.9 Å². The van der Waals surface area contributed by atoms with E-state index in [2.05, 4.69) is 4.74 Å². The molecule has 0 radical (unpaired) electrons. The first kappa shape index (κ1) is 21.1. The van der Waals surface area contributed by atoms with Crippen molar-refractivity contribution in [3.63, 3.8) is 0 Å². The Morgan fingerprint density at radius 2 is 1.69 bits per heavy atom. The summed E-state index contributed by atoms with van der Waals surface area (Å²) >= 11 is 0. The Balaban J connectivity index is 1.70. The van der Waals surface area contributed by atoms with Crippen LogP contribution >= 0.6 is 0 Å². The fourth-order valence-corrected chi connectivity index (χ4v) is 4.43. The van der Waals surface area contributed by atoms with E-state index in [1.807, 2.05) is 0 Å². The molecule has 6 nitrogen and oxygen atoms in total. The number of ether oxygens (including phenoxy) is 1. The summed E-state index contributed by atoms with van der Waals surface area (Å²) in [5.41, 5.74) is 0.107. The summed E-state index contributed by atoms with van der Waals surface area (Å²) in [7, 11) is -4.27. The zero-order valence-corrected chi connectivity index (χ0v) is 15.7. The standard InChI is InChI=1S/C18H16F4N2O4S/c19-13-4-5-15(20)16(11-13)29(26,27)24-8-6-23(7-9-24)17(25)12-2-1-3-14(10-12)28-18(21)22/h1-5,10-11,18H,6-9H2.